The van der Waals surface area contributed by atoms with Crippen LogP contribution in [0.1, 0.15) is 34.8 Å². The molecule has 1 aliphatic rings. The number of rotatable bonds is 9. The molecular weight excluding hydrogens is 426 g/mol. The second kappa shape index (κ2) is 9.34. The first kappa shape index (κ1) is 22.6. The van der Waals surface area contributed by atoms with Crippen molar-refractivity contribution in [1.29, 1.82) is 0 Å². The highest BCUT2D eigenvalue weighted by Gasteiger charge is 2.29. The molecule has 0 radical (unpaired) electrons. The van der Waals surface area contributed by atoms with Gasteiger partial charge in [0.25, 0.3) is 5.91 Å². The van der Waals surface area contributed by atoms with Crippen molar-refractivity contribution in [2.24, 2.45) is 0 Å². The molecule has 7 nitrogen and oxygen atoms in total. The number of halogens is 1. The number of sulfonamides is 1. The molecule has 0 aliphatic heterocycles. The van der Waals surface area contributed by atoms with E-state index in [1.165, 1.54) is 18.2 Å². The predicted molar refractivity (Wildman–Crippen MR) is 117 cm³/mol. The third-order valence-corrected chi connectivity index (χ3v) is 6.96. The fourth-order valence-electron chi connectivity index (χ4n) is 3.05. The van der Waals surface area contributed by atoms with E-state index in [4.69, 9.17) is 16.3 Å². The van der Waals surface area contributed by atoms with Gasteiger partial charge in [-0.15, -0.1) is 0 Å². The lowest BCUT2D eigenvalue weighted by Gasteiger charge is -2.25. The number of benzene rings is 2. The van der Waals surface area contributed by atoms with Crippen LogP contribution >= 0.6 is 11.6 Å². The Labute approximate surface area is 182 Å². The average Bonchev–Trinajstić information content (AvgIpc) is 3.51. The van der Waals surface area contributed by atoms with E-state index < -0.39 is 10.0 Å². The summed E-state index contributed by atoms with van der Waals surface area (Å²) in [4.78, 5) is 14.6. The molecule has 1 fully saturated rings. The number of amides is 1. The van der Waals surface area contributed by atoms with Crippen molar-refractivity contribution in [2.45, 2.75) is 29.8 Å². The normalized spacial score (nSPS) is 15.1. The van der Waals surface area contributed by atoms with Crippen molar-refractivity contribution >= 4 is 27.5 Å². The first-order valence-corrected chi connectivity index (χ1v) is 11.5. The fourth-order valence-corrected chi connectivity index (χ4v) is 4.88. The van der Waals surface area contributed by atoms with E-state index in [-0.39, 0.29) is 33.5 Å². The Balaban J connectivity index is 1.73. The minimum absolute atomic E-state index is 0.0473. The summed E-state index contributed by atoms with van der Waals surface area (Å²) in [5.41, 5.74) is 1.26. The molecule has 0 heterocycles. The number of carbonyl (C=O) groups excluding carboxylic acids is 1. The molecule has 30 heavy (non-hydrogen) atoms. The molecule has 2 aromatic carbocycles. The Bertz CT molecular complexity index is 1010. The molecule has 2 aromatic rings. The van der Waals surface area contributed by atoms with Crippen molar-refractivity contribution in [1.82, 2.24) is 14.9 Å². The SMILES string of the molecule is COc1ccc(C(CNC(=O)c2ccc(Cl)c(S(=O)(=O)NC3CC3)c2)N(C)C)cc1. The topological polar surface area (TPSA) is 87.7 Å². The van der Waals surface area contributed by atoms with Gasteiger partial charge in [0.05, 0.1) is 18.2 Å². The van der Waals surface area contributed by atoms with Gasteiger partial charge in [-0.2, -0.15) is 0 Å². The standard InChI is InChI=1S/C21H26ClN3O4S/c1-25(2)19(14-4-9-17(29-3)10-5-14)13-23-21(26)15-6-11-18(22)20(12-15)30(27,28)24-16-7-8-16/h4-6,9-12,16,19,24H,7-8,13H2,1-3H3,(H,23,26). The van der Waals surface area contributed by atoms with E-state index in [1.807, 2.05) is 43.3 Å². The summed E-state index contributed by atoms with van der Waals surface area (Å²) < 4.78 is 32.8. The molecule has 9 heteroatoms. The van der Waals surface area contributed by atoms with E-state index in [0.717, 1.165) is 24.2 Å². The van der Waals surface area contributed by atoms with E-state index in [9.17, 15) is 13.2 Å². The summed E-state index contributed by atoms with van der Waals surface area (Å²) in [6.45, 7) is 0.350. The van der Waals surface area contributed by atoms with Crippen LogP contribution in [0.4, 0.5) is 0 Å². The Kier molecular flexibility index (Phi) is 7.02. The lowest BCUT2D eigenvalue weighted by molar-refractivity contribution is 0.0941. The van der Waals surface area contributed by atoms with Gasteiger partial charge in [0.1, 0.15) is 10.6 Å². The highest BCUT2D eigenvalue weighted by Crippen LogP contribution is 2.27. The van der Waals surface area contributed by atoms with Crippen LogP contribution in [0.3, 0.4) is 0 Å². The number of nitrogens with zero attached hydrogens (tertiary/aromatic N) is 1. The van der Waals surface area contributed by atoms with E-state index in [2.05, 4.69) is 10.0 Å². The van der Waals surface area contributed by atoms with Crippen LogP contribution in [0.5, 0.6) is 5.75 Å². The van der Waals surface area contributed by atoms with Crippen molar-refractivity contribution in [2.75, 3.05) is 27.7 Å². The Morgan fingerprint density at radius 2 is 1.87 bits per heavy atom. The zero-order valence-corrected chi connectivity index (χ0v) is 18.8. The molecule has 0 bridgehead atoms. The summed E-state index contributed by atoms with van der Waals surface area (Å²) in [5.74, 6) is 0.393. The van der Waals surface area contributed by atoms with Gasteiger partial charge in [-0.05, 0) is 62.8 Å². The summed E-state index contributed by atoms with van der Waals surface area (Å²) in [7, 11) is 1.71. The van der Waals surface area contributed by atoms with E-state index in [1.54, 1.807) is 7.11 Å². The molecule has 2 N–H and O–H groups in total. The van der Waals surface area contributed by atoms with Gasteiger partial charge in [-0.3, -0.25) is 4.79 Å². The van der Waals surface area contributed by atoms with Crippen LogP contribution < -0.4 is 14.8 Å². The Morgan fingerprint density at radius 3 is 2.43 bits per heavy atom. The van der Waals surface area contributed by atoms with Crippen LogP contribution in [-0.2, 0) is 10.0 Å². The number of carbonyl (C=O) groups is 1. The second-order valence-corrected chi connectivity index (χ2v) is 9.59. The van der Waals surface area contributed by atoms with Gasteiger partial charge in [-0.25, -0.2) is 13.1 Å². The van der Waals surface area contributed by atoms with Gasteiger partial charge in [-0.1, -0.05) is 23.7 Å². The molecule has 0 saturated heterocycles. The number of ether oxygens (including phenoxy) is 1. The summed E-state index contributed by atoms with van der Waals surface area (Å²) in [6.07, 6.45) is 1.63. The summed E-state index contributed by atoms with van der Waals surface area (Å²) in [5, 5.41) is 2.98. The van der Waals surface area contributed by atoms with Gasteiger partial charge >= 0.3 is 0 Å². The number of nitrogens with one attached hydrogen (secondary N) is 2. The monoisotopic (exact) mass is 451 g/mol. The average molecular weight is 452 g/mol. The molecular formula is C21H26ClN3O4S. The van der Waals surface area contributed by atoms with Gasteiger partial charge < -0.3 is 15.0 Å². The smallest absolute Gasteiger partial charge is 0.251 e. The largest absolute Gasteiger partial charge is 0.497 e. The lowest BCUT2D eigenvalue weighted by Crippen LogP contribution is -2.34. The molecule has 1 amide bonds. The number of likely N-dealkylation sites (N-methyl/N-ethyl adjacent to an activating group) is 1. The maximum atomic E-state index is 12.7. The zero-order chi connectivity index (χ0) is 21.9. The Hall–Kier alpha value is -2.13. The van der Waals surface area contributed by atoms with Crippen molar-refractivity contribution in [3.8, 4) is 5.75 Å². The third-order valence-electron chi connectivity index (χ3n) is 4.96. The molecule has 162 valence electrons. The molecule has 1 aliphatic carbocycles. The number of hydrogen-bond acceptors (Lipinski definition) is 5. The molecule has 3 rings (SSSR count). The predicted octanol–water partition coefficient (Wildman–Crippen LogP) is 2.82. The molecule has 0 aromatic heterocycles. The van der Waals surface area contributed by atoms with Gasteiger partial charge in [0.2, 0.25) is 10.0 Å². The highest BCUT2D eigenvalue weighted by molar-refractivity contribution is 7.89. The molecule has 1 saturated carbocycles. The maximum Gasteiger partial charge on any atom is 0.251 e. The number of methoxy groups -OCH3 is 1. The summed E-state index contributed by atoms with van der Waals surface area (Å²) in [6, 6.07) is 11.8. The van der Waals surface area contributed by atoms with Gasteiger partial charge in [0, 0.05) is 18.2 Å². The van der Waals surface area contributed by atoms with Crippen LogP contribution in [0.15, 0.2) is 47.4 Å². The first-order chi connectivity index (χ1) is 14.2. The third kappa shape index (κ3) is 5.51. The van der Waals surface area contributed by atoms with Crippen molar-refractivity contribution in [3.63, 3.8) is 0 Å². The molecule has 0 spiro atoms. The van der Waals surface area contributed by atoms with Crippen molar-refractivity contribution < 1.29 is 17.9 Å². The number of hydrogen-bond donors (Lipinski definition) is 2. The Morgan fingerprint density at radius 1 is 1.20 bits per heavy atom. The molecule has 1 unspecified atom stereocenters. The fraction of sp³-hybridized carbons (Fsp3) is 0.381. The highest BCUT2D eigenvalue weighted by atomic mass is 35.5. The lowest BCUT2D eigenvalue weighted by atomic mass is 10.1. The van der Waals surface area contributed by atoms with Crippen LogP contribution in [0.25, 0.3) is 0 Å². The van der Waals surface area contributed by atoms with Crippen LogP contribution in [0.2, 0.25) is 5.02 Å². The zero-order valence-electron chi connectivity index (χ0n) is 17.2. The van der Waals surface area contributed by atoms with Crippen LogP contribution in [0, 0.1) is 0 Å². The quantitative estimate of drug-likeness (QED) is 0.612. The summed E-state index contributed by atoms with van der Waals surface area (Å²) >= 11 is 6.10. The second-order valence-electron chi connectivity index (χ2n) is 7.50. The first-order valence-electron chi connectivity index (χ1n) is 9.61. The van der Waals surface area contributed by atoms with E-state index >= 15 is 0 Å². The maximum absolute atomic E-state index is 12.7. The van der Waals surface area contributed by atoms with Crippen molar-refractivity contribution in [3.05, 3.63) is 58.6 Å². The minimum Gasteiger partial charge on any atom is -0.497 e. The van der Waals surface area contributed by atoms with E-state index in [0.29, 0.717) is 6.54 Å². The van der Waals surface area contributed by atoms with Gasteiger partial charge in [0.15, 0.2) is 0 Å². The molecule has 1 atom stereocenters. The van der Waals surface area contributed by atoms with Crippen LogP contribution in [-0.4, -0.2) is 53.0 Å². The minimum atomic E-state index is -3.76.